The smallest absolute Gasteiger partial charge is 0.479 e. The van der Waals surface area contributed by atoms with E-state index in [1.54, 1.807) is 23.5 Å². The number of ketones is 1. The zero-order chi connectivity index (χ0) is 34.0. The third-order valence-corrected chi connectivity index (χ3v) is 5.85. The highest BCUT2D eigenvalue weighted by atomic mass is 19.2. The molecular formula is C29H23F6N3O8. The maximum absolute atomic E-state index is 14.0. The zero-order valence-corrected chi connectivity index (χ0v) is 23.5. The Balaban J connectivity index is 1.66. The highest BCUT2D eigenvalue weighted by Crippen LogP contribution is 2.26. The van der Waals surface area contributed by atoms with Gasteiger partial charge in [-0.1, -0.05) is 24.3 Å². The van der Waals surface area contributed by atoms with Gasteiger partial charge in [-0.05, 0) is 31.2 Å². The molecule has 0 radical (unpaired) electrons. The minimum Gasteiger partial charge on any atom is -0.479 e. The van der Waals surface area contributed by atoms with Crippen LogP contribution >= 0.6 is 0 Å². The molecule has 0 saturated carbocycles. The summed E-state index contributed by atoms with van der Waals surface area (Å²) in [7, 11) is 0. The second kappa shape index (κ2) is 15.9. The summed E-state index contributed by atoms with van der Waals surface area (Å²) in [5, 5.41) is 5.78. The van der Waals surface area contributed by atoms with Crippen LogP contribution in [-0.2, 0) is 23.9 Å². The molecule has 2 atom stereocenters. The SMILES string of the molecule is C[C@H](NC(=O)C(=O)Nc1c(F)cccc1F)C(=O)N[C@@H](CCOC(=O)Oc1ccccc1)C(=O)COc1c(F)c(F)cc(F)c1F. The molecule has 17 heteroatoms. The summed E-state index contributed by atoms with van der Waals surface area (Å²) < 4.78 is 97.0. The molecule has 3 rings (SSSR count). The standard InChI is InChI=1S/C29H23F6N3O8/c1-14(36-27(41)28(42)38-24-16(30)8-5-9-17(24)31)26(40)37-20(10-11-44-29(43)46-15-6-3-2-4-7-15)21(39)13-45-25-22(34)18(32)12-19(33)23(25)35/h2-9,12,14,20H,10-11,13H2,1H3,(H,36,41)(H,37,40)(H,38,42)/t14-,20-/m0/s1. The van der Waals surface area contributed by atoms with Crippen molar-refractivity contribution in [2.45, 2.75) is 25.4 Å². The van der Waals surface area contributed by atoms with Crippen LogP contribution in [0.3, 0.4) is 0 Å². The Bertz CT molecular complexity index is 1580. The molecule has 0 unspecified atom stereocenters. The van der Waals surface area contributed by atoms with Crippen LogP contribution in [0.2, 0.25) is 0 Å². The van der Waals surface area contributed by atoms with E-state index < -0.39 is 108 Å². The second-order valence-corrected chi connectivity index (χ2v) is 9.16. The molecule has 3 amide bonds. The topological polar surface area (TPSA) is 149 Å². The van der Waals surface area contributed by atoms with E-state index in [9.17, 15) is 50.3 Å². The summed E-state index contributed by atoms with van der Waals surface area (Å²) in [6.45, 7) is -0.805. The van der Waals surface area contributed by atoms with Gasteiger partial charge in [0.1, 0.15) is 35.7 Å². The van der Waals surface area contributed by atoms with E-state index >= 15 is 0 Å². The highest BCUT2D eigenvalue weighted by molar-refractivity contribution is 6.40. The minimum absolute atomic E-state index is 0.0863. The van der Waals surface area contributed by atoms with Crippen molar-refractivity contribution in [2.24, 2.45) is 0 Å². The summed E-state index contributed by atoms with van der Waals surface area (Å²) >= 11 is 0. The minimum atomic E-state index is -1.94. The van der Waals surface area contributed by atoms with Gasteiger partial charge in [0.2, 0.25) is 17.5 Å². The van der Waals surface area contributed by atoms with Crippen LogP contribution in [0.15, 0.2) is 54.6 Å². The van der Waals surface area contributed by atoms with Crippen molar-refractivity contribution in [1.29, 1.82) is 0 Å². The van der Waals surface area contributed by atoms with Crippen LogP contribution in [0, 0.1) is 34.9 Å². The van der Waals surface area contributed by atoms with Crippen LogP contribution in [-0.4, -0.2) is 55.0 Å². The normalized spacial score (nSPS) is 11.9. The van der Waals surface area contributed by atoms with Crippen molar-refractivity contribution in [3.63, 3.8) is 0 Å². The quantitative estimate of drug-likeness (QED) is 0.0880. The van der Waals surface area contributed by atoms with E-state index in [-0.39, 0.29) is 11.8 Å². The lowest BCUT2D eigenvalue weighted by atomic mass is 10.1. The van der Waals surface area contributed by atoms with Crippen molar-refractivity contribution in [1.82, 2.24) is 10.6 Å². The molecule has 0 bridgehead atoms. The second-order valence-electron chi connectivity index (χ2n) is 9.16. The number of benzene rings is 3. The summed E-state index contributed by atoms with van der Waals surface area (Å²) in [5.41, 5.74) is -0.928. The Labute approximate surface area is 255 Å². The third kappa shape index (κ3) is 9.44. The van der Waals surface area contributed by atoms with Crippen LogP contribution in [0.1, 0.15) is 13.3 Å². The maximum atomic E-state index is 14.0. The number of anilines is 1. The first-order valence-corrected chi connectivity index (χ1v) is 13.0. The fourth-order valence-electron chi connectivity index (χ4n) is 3.52. The molecule has 3 N–H and O–H groups in total. The maximum Gasteiger partial charge on any atom is 0.513 e. The lowest BCUT2D eigenvalue weighted by Gasteiger charge is -2.21. The molecule has 0 saturated heterocycles. The van der Waals surface area contributed by atoms with Crippen LogP contribution < -0.4 is 25.4 Å². The molecule has 0 aliphatic carbocycles. The number of halogens is 6. The van der Waals surface area contributed by atoms with E-state index in [0.29, 0.717) is 0 Å². The van der Waals surface area contributed by atoms with Crippen LogP contribution in [0.25, 0.3) is 0 Å². The predicted octanol–water partition coefficient (Wildman–Crippen LogP) is 3.70. The predicted molar refractivity (Wildman–Crippen MR) is 144 cm³/mol. The summed E-state index contributed by atoms with van der Waals surface area (Å²) in [5.74, 6) is -16.7. The van der Waals surface area contributed by atoms with Gasteiger partial charge >= 0.3 is 18.0 Å². The Morgan fingerprint density at radius 1 is 0.761 bits per heavy atom. The first-order chi connectivity index (χ1) is 21.8. The number of nitrogens with one attached hydrogen (secondary N) is 3. The number of hydrogen-bond acceptors (Lipinski definition) is 8. The first kappa shape index (κ1) is 34.9. The average Bonchev–Trinajstić information content (AvgIpc) is 3.01. The van der Waals surface area contributed by atoms with E-state index in [4.69, 9.17) is 9.47 Å². The lowest BCUT2D eigenvalue weighted by molar-refractivity contribution is -0.138. The molecule has 0 spiro atoms. The number of hydrogen-bond donors (Lipinski definition) is 3. The summed E-state index contributed by atoms with van der Waals surface area (Å²) in [6, 6.07) is 6.91. The lowest BCUT2D eigenvalue weighted by Crippen LogP contribution is -2.53. The molecule has 0 aliphatic heterocycles. The summed E-state index contributed by atoms with van der Waals surface area (Å²) in [4.78, 5) is 62.0. The van der Waals surface area contributed by atoms with Crippen LogP contribution in [0.5, 0.6) is 11.5 Å². The number of amides is 3. The van der Waals surface area contributed by atoms with Gasteiger partial charge in [-0.2, -0.15) is 8.78 Å². The van der Waals surface area contributed by atoms with E-state index in [2.05, 4.69) is 10.1 Å². The number of Topliss-reactive ketones (excluding diaryl/α,β-unsaturated/α-hetero) is 1. The number of rotatable bonds is 12. The molecule has 11 nitrogen and oxygen atoms in total. The van der Waals surface area contributed by atoms with Gasteiger partial charge in [0.05, 0.1) is 12.6 Å². The van der Waals surface area contributed by atoms with Crippen LogP contribution in [0.4, 0.5) is 36.8 Å². The third-order valence-electron chi connectivity index (χ3n) is 5.85. The van der Waals surface area contributed by atoms with E-state index in [1.165, 1.54) is 12.1 Å². The molecule has 0 aliphatic rings. The van der Waals surface area contributed by atoms with E-state index in [1.807, 2.05) is 5.32 Å². The number of carbonyl (C=O) groups excluding carboxylic acids is 5. The van der Waals surface area contributed by atoms with Gasteiger partial charge in [0, 0.05) is 12.5 Å². The van der Waals surface area contributed by atoms with Crippen molar-refractivity contribution >= 4 is 35.3 Å². The van der Waals surface area contributed by atoms with Gasteiger partial charge in [-0.25, -0.2) is 22.4 Å². The molecule has 0 fully saturated rings. The number of carbonyl (C=O) groups is 5. The van der Waals surface area contributed by atoms with Gasteiger partial charge in [-0.15, -0.1) is 0 Å². The van der Waals surface area contributed by atoms with Gasteiger partial charge in [0.15, 0.2) is 23.2 Å². The molecule has 0 aromatic heterocycles. The highest BCUT2D eigenvalue weighted by Gasteiger charge is 2.29. The van der Waals surface area contributed by atoms with Crippen molar-refractivity contribution < 1.29 is 64.5 Å². The largest absolute Gasteiger partial charge is 0.513 e. The fourth-order valence-corrected chi connectivity index (χ4v) is 3.52. The number of ether oxygens (including phenoxy) is 3. The zero-order valence-electron chi connectivity index (χ0n) is 23.5. The van der Waals surface area contributed by atoms with Gasteiger partial charge in [-0.3, -0.25) is 19.2 Å². The molecule has 3 aromatic carbocycles. The van der Waals surface area contributed by atoms with Gasteiger partial charge in [0.25, 0.3) is 0 Å². The molecule has 0 heterocycles. The fraction of sp³-hybridized carbons (Fsp3) is 0.207. The number of para-hydroxylation sites is 2. The Hall–Kier alpha value is -5.61. The summed E-state index contributed by atoms with van der Waals surface area (Å²) in [6.07, 6.45) is -1.73. The van der Waals surface area contributed by atoms with Crippen molar-refractivity contribution in [3.05, 3.63) is 89.5 Å². The Morgan fingerprint density at radius 3 is 1.98 bits per heavy atom. The average molecular weight is 656 g/mol. The van der Waals surface area contributed by atoms with E-state index in [0.717, 1.165) is 25.1 Å². The molecular weight excluding hydrogens is 632 g/mol. The first-order valence-electron chi connectivity index (χ1n) is 13.0. The Morgan fingerprint density at radius 2 is 1.37 bits per heavy atom. The molecule has 3 aromatic rings. The van der Waals surface area contributed by atoms with Crippen molar-refractivity contribution in [3.8, 4) is 11.5 Å². The van der Waals surface area contributed by atoms with Crippen molar-refractivity contribution in [2.75, 3.05) is 18.5 Å². The van der Waals surface area contributed by atoms with Gasteiger partial charge < -0.3 is 30.2 Å². The Kier molecular flexibility index (Phi) is 12.1. The monoisotopic (exact) mass is 655 g/mol. The molecule has 244 valence electrons. The molecule has 46 heavy (non-hydrogen) atoms.